The normalized spacial score (nSPS) is 15.7. The fourth-order valence-electron chi connectivity index (χ4n) is 3.32. The van der Waals surface area contributed by atoms with Gasteiger partial charge in [-0.15, -0.1) is 0 Å². The number of nitrogens with zero attached hydrogens (tertiary/aromatic N) is 3. The third kappa shape index (κ3) is 4.09. The van der Waals surface area contributed by atoms with Crippen LogP contribution in [0, 0.1) is 0 Å². The van der Waals surface area contributed by atoms with E-state index in [0.29, 0.717) is 24.5 Å². The molecule has 0 bridgehead atoms. The number of pyridine rings is 1. The Bertz CT molecular complexity index is 1220. The van der Waals surface area contributed by atoms with E-state index >= 15 is 0 Å². The van der Waals surface area contributed by atoms with Crippen LogP contribution in [0.3, 0.4) is 0 Å². The molecule has 2 aromatic heterocycles. The minimum atomic E-state index is -3.95. The first-order chi connectivity index (χ1) is 14.4. The van der Waals surface area contributed by atoms with Gasteiger partial charge >= 0.3 is 0 Å². The number of aromatic amines is 1. The SMILES string of the molecule is O=S(=O)(Nc1cn[nH]c1-c1ccccn1)c1ccc(S(=O)(=O)N2CCCCC2)cc1. The van der Waals surface area contributed by atoms with Crippen LogP contribution in [0.5, 0.6) is 0 Å². The van der Waals surface area contributed by atoms with Gasteiger partial charge in [-0.1, -0.05) is 12.5 Å². The fourth-order valence-corrected chi connectivity index (χ4v) is 5.89. The molecule has 0 unspecified atom stereocenters. The smallest absolute Gasteiger partial charge is 0.262 e. The van der Waals surface area contributed by atoms with Crippen molar-refractivity contribution in [2.45, 2.75) is 29.1 Å². The number of anilines is 1. The Balaban J connectivity index is 1.57. The molecular formula is C19H21N5O4S2. The Morgan fingerprint density at radius 3 is 2.27 bits per heavy atom. The van der Waals surface area contributed by atoms with Crippen molar-refractivity contribution < 1.29 is 16.8 Å². The number of sulfonamides is 2. The van der Waals surface area contributed by atoms with Crippen molar-refractivity contribution in [1.82, 2.24) is 19.5 Å². The standard InChI is InChI=1S/C19H21N5O4S2/c25-29(26,23-18-14-21-22-19(18)17-6-2-3-11-20-17)15-7-9-16(10-8-15)30(27,28)24-12-4-1-5-13-24/h2-3,6-11,14,23H,1,4-5,12-13H2,(H,21,22). The monoisotopic (exact) mass is 447 g/mol. The summed E-state index contributed by atoms with van der Waals surface area (Å²) in [5, 5.41) is 6.63. The van der Waals surface area contributed by atoms with E-state index in [2.05, 4.69) is 19.9 Å². The van der Waals surface area contributed by atoms with Crippen LogP contribution in [0.25, 0.3) is 11.4 Å². The molecule has 1 fully saturated rings. The number of rotatable bonds is 6. The van der Waals surface area contributed by atoms with Gasteiger partial charge in [-0.25, -0.2) is 16.8 Å². The summed E-state index contributed by atoms with van der Waals surface area (Å²) in [6.07, 6.45) is 5.63. The highest BCUT2D eigenvalue weighted by atomic mass is 32.2. The maximum atomic E-state index is 12.8. The first-order valence-corrected chi connectivity index (χ1v) is 12.4. The first-order valence-electron chi connectivity index (χ1n) is 9.46. The van der Waals surface area contributed by atoms with Gasteiger partial charge in [0.05, 0.1) is 27.4 Å². The summed E-state index contributed by atoms with van der Waals surface area (Å²) in [6, 6.07) is 10.5. The zero-order valence-corrected chi connectivity index (χ0v) is 17.7. The second kappa shape index (κ2) is 8.17. The molecule has 0 radical (unpaired) electrons. The summed E-state index contributed by atoms with van der Waals surface area (Å²) in [5.41, 5.74) is 1.22. The molecular weight excluding hydrogens is 426 g/mol. The highest BCUT2D eigenvalue weighted by Crippen LogP contribution is 2.27. The molecule has 158 valence electrons. The summed E-state index contributed by atoms with van der Waals surface area (Å²) in [5.74, 6) is 0. The van der Waals surface area contributed by atoms with Crippen molar-refractivity contribution in [3.63, 3.8) is 0 Å². The van der Waals surface area contributed by atoms with E-state index in [1.165, 1.54) is 34.8 Å². The molecule has 11 heteroatoms. The van der Waals surface area contributed by atoms with Crippen molar-refractivity contribution in [2.75, 3.05) is 17.8 Å². The van der Waals surface area contributed by atoms with Crippen LogP contribution in [0.4, 0.5) is 5.69 Å². The number of benzene rings is 1. The van der Waals surface area contributed by atoms with Crippen LogP contribution in [0.2, 0.25) is 0 Å². The number of piperidine rings is 1. The third-order valence-corrected chi connectivity index (χ3v) is 8.19. The Labute approximate surface area is 175 Å². The molecule has 1 aromatic carbocycles. The molecule has 9 nitrogen and oxygen atoms in total. The molecule has 1 saturated heterocycles. The van der Waals surface area contributed by atoms with Gasteiger partial charge in [0, 0.05) is 19.3 Å². The summed E-state index contributed by atoms with van der Waals surface area (Å²) < 4.78 is 55.0. The first kappa shape index (κ1) is 20.5. The van der Waals surface area contributed by atoms with Crippen molar-refractivity contribution in [2.24, 2.45) is 0 Å². The van der Waals surface area contributed by atoms with E-state index < -0.39 is 20.0 Å². The minimum absolute atomic E-state index is 0.0479. The average molecular weight is 448 g/mol. The Hall–Kier alpha value is -2.76. The van der Waals surface area contributed by atoms with E-state index in [9.17, 15) is 16.8 Å². The van der Waals surface area contributed by atoms with Crippen molar-refractivity contribution in [1.29, 1.82) is 0 Å². The van der Waals surface area contributed by atoms with Crippen LogP contribution < -0.4 is 4.72 Å². The lowest BCUT2D eigenvalue weighted by Crippen LogP contribution is -2.35. The second-order valence-electron chi connectivity index (χ2n) is 6.92. The number of H-pyrrole nitrogens is 1. The maximum Gasteiger partial charge on any atom is 0.262 e. The van der Waals surface area contributed by atoms with Gasteiger partial charge < -0.3 is 0 Å². The fraction of sp³-hybridized carbons (Fsp3) is 0.263. The van der Waals surface area contributed by atoms with Gasteiger partial charge in [0.1, 0.15) is 5.69 Å². The van der Waals surface area contributed by atoms with E-state index in [1.807, 2.05) is 0 Å². The van der Waals surface area contributed by atoms with Crippen LogP contribution in [0.15, 0.2) is 64.6 Å². The second-order valence-corrected chi connectivity index (χ2v) is 10.5. The van der Waals surface area contributed by atoms with Gasteiger partial charge in [0.2, 0.25) is 10.0 Å². The highest BCUT2D eigenvalue weighted by Gasteiger charge is 2.26. The Kier molecular flexibility index (Phi) is 5.58. The van der Waals surface area contributed by atoms with Gasteiger partial charge in [-0.05, 0) is 49.2 Å². The molecule has 0 saturated carbocycles. The van der Waals surface area contributed by atoms with Gasteiger partial charge in [-0.2, -0.15) is 9.40 Å². The van der Waals surface area contributed by atoms with Crippen LogP contribution in [-0.2, 0) is 20.0 Å². The lowest BCUT2D eigenvalue weighted by molar-refractivity contribution is 0.346. The largest absolute Gasteiger partial charge is 0.276 e. The topological polar surface area (TPSA) is 125 Å². The zero-order valence-electron chi connectivity index (χ0n) is 16.0. The van der Waals surface area contributed by atoms with Gasteiger partial charge in [-0.3, -0.25) is 14.8 Å². The lowest BCUT2D eigenvalue weighted by atomic mass is 10.2. The van der Waals surface area contributed by atoms with Crippen molar-refractivity contribution >= 4 is 25.7 Å². The van der Waals surface area contributed by atoms with Crippen molar-refractivity contribution in [3.8, 4) is 11.4 Å². The molecule has 4 rings (SSSR count). The van der Waals surface area contributed by atoms with Crippen LogP contribution in [-0.4, -0.2) is 49.4 Å². The van der Waals surface area contributed by atoms with E-state index in [-0.39, 0.29) is 15.5 Å². The lowest BCUT2D eigenvalue weighted by Gasteiger charge is -2.25. The molecule has 0 aliphatic carbocycles. The molecule has 2 N–H and O–H groups in total. The molecule has 0 spiro atoms. The van der Waals surface area contributed by atoms with E-state index in [1.54, 1.807) is 24.4 Å². The summed E-state index contributed by atoms with van der Waals surface area (Å²) in [7, 11) is -7.57. The quantitative estimate of drug-likeness (QED) is 0.598. The zero-order chi connectivity index (χ0) is 21.2. The van der Waals surface area contributed by atoms with Crippen LogP contribution in [0.1, 0.15) is 19.3 Å². The maximum absolute atomic E-state index is 12.8. The number of hydrogen-bond acceptors (Lipinski definition) is 6. The molecule has 1 aliphatic rings. The predicted molar refractivity (Wildman–Crippen MR) is 112 cm³/mol. The van der Waals surface area contributed by atoms with Crippen LogP contribution >= 0.6 is 0 Å². The molecule has 30 heavy (non-hydrogen) atoms. The number of nitrogens with one attached hydrogen (secondary N) is 2. The molecule has 3 heterocycles. The minimum Gasteiger partial charge on any atom is -0.276 e. The summed E-state index contributed by atoms with van der Waals surface area (Å²) >= 11 is 0. The predicted octanol–water partition coefficient (Wildman–Crippen LogP) is 2.45. The molecule has 0 amide bonds. The number of aromatic nitrogens is 3. The summed E-state index contributed by atoms with van der Waals surface area (Å²) in [4.78, 5) is 4.23. The Morgan fingerprint density at radius 1 is 0.900 bits per heavy atom. The third-order valence-electron chi connectivity index (χ3n) is 4.89. The van der Waals surface area contributed by atoms with E-state index in [0.717, 1.165) is 19.3 Å². The summed E-state index contributed by atoms with van der Waals surface area (Å²) in [6.45, 7) is 0.974. The average Bonchev–Trinajstić information content (AvgIpc) is 3.22. The van der Waals surface area contributed by atoms with E-state index in [4.69, 9.17) is 0 Å². The van der Waals surface area contributed by atoms with Crippen molar-refractivity contribution in [3.05, 3.63) is 54.9 Å². The number of hydrogen-bond donors (Lipinski definition) is 2. The molecule has 3 aromatic rings. The molecule has 0 atom stereocenters. The van der Waals surface area contributed by atoms with Gasteiger partial charge in [0.15, 0.2) is 0 Å². The molecule has 1 aliphatic heterocycles. The Morgan fingerprint density at radius 2 is 1.60 bits per heavy atom. The highest BCUT2D eigenvalue weighted by molar-refractivity contribution is 7.92. The van der Waals surface area contributed by atoms with Gasteiger partial charge in [0.25, 0.3) is 10.0 Å².